The third-order valence-corrected chi connectivity index (χ3v) is 4.31. The van der Waals surface area contributed by atoms with E-state index in [2.05, 4.69) is 10.2 Å². The molecule has 7 heteroatoms. The minimum Gasteiger partial charge on any atom is -0.346 e. The van der Waals surface area contributed by atoms with Crippen LogP contribution in [0, 0.1) is 0 Å². The summed E-state index contributed by atoms with van der Waals surface area (Å²) in [5, 5.41) is 5.51. The molecule has 2 aliphatic rings. The second kappa shape index (κ2) is 6.96. The molecule has 0 aromatic heterocycles. The fraction of sp³-hybridized carbons (Fsp3) is 0.929. The number of nitrogens with zero attached hydrogens (tertiary/aromatic N) is 1. The normalized spacial score (nSPS) is 28.9. The summed E-state index contributed by atoms with van der Waals surface area (Å²) in [5.74, 6) is -0.536. The predicted molar refractivity (Wildman–Crippen MR) is 73.9 cm³/mol. The summed E-state index contributed by atoms with van der Waals surface area (Å²) in [6.45, 7) is 1.59. The van der Waals surface area contributed by atoms with Gasteiger partial charge in [-0.05, 0) is 38.6 Å². The number of hydrogen-bond donors (Lipinski definition) is 2. The summed E-state index contributed by atoms with van der Waals surface area (Å²) in [5.41, 5.74) is 0. The lowest BCUT2D eigenvalue weighted by molar-refractivity contribution is -0.139. The maximum absolute atomic E-state index is 12.1. The van der Waals surface area contributed by atoms with Gasteiger partial charge in [-0.3, -0.25) is 9.69 Å². The zero-order chi connectivity index (χ0) is 15.5. The Balaban J connectivity index is 1.85. The van der Waals surface area contributed by atoms with Crippen LogP contribution < -0.4 is 10.6 Å². The molecule has 0 aliphatic carbocycles. The topological polar surface area (TPSA) is 44.4 Å². The molecule has 2 rings (SSSR count). The second-order valence-electron chi connectivity index (χ2n) is 6.13. The van der Waals surface area contributed by atoms with Crippen molar-refractivity contribution < 1.29 is 18.0 Å². The van der Waals surface area contributed by atoms with Crippen molar-refractivity contribution in [1.82, 2.24) is 15.5 Å². The molecule has 1 amide bonds. The third-order valence-electron chi connectivity index (χ3n) is 4.31. The molecule has 2 aliphatic heterocycles. The van der Waals surface area contributed by atoms with Gasteiger partial charge in [-0.1, -0.05) is 6.92 Å². The average molecular weight is 307 g/mol. The first-order chi connectivity index (χ1) is 9.87. The molecule has 2 bridgehead atoms. The minimum absolute atomic E-state index is 0.0635. The van der Waals surface area contributed by atoms with E-state index in [4.69, 9.17) is 0 Å². The van der Waals surface area contributed by atoms with Crippen LogP contribution in [0.25, 0.3) is 0 Å². The fourth-order valence-electron chi connectivity index (χ4n) is 3.44. The van der Waals surface area contributed by atoms with Gasteiger partial charge < -0.3 is 10.6 Å². The Kier molecular flexibility index (Phi) is 5.48. The van der Waals surface area contributed by atoms with Crippen LogP contribution in [-0.2, 0) is 4.79 Å². The van der Waals surface area contributed by atoms with Crippen LogP contribution in [0.2, 0.25) is 0 Å². The molecular weight excluding hydrogens is 283 g/mol. The summed E-state index contributed by atoms with van der Waals surface area (Å²) in [7, 11) is 0. The lowest BCUT2D eigenvalue weighted by atomic mass is 9.98. The molecule has 21 heavy (non-hydrogen) atoms. The molecule has 2 atom stereocenters. The number of amides is 1. The Morgan fingerprint density at radius 2 is 1.90 bits per heavy atom. The van der Waals surface area contributed by atoms with E-state index >= 15 is 0 Å². The van der Waals surface area contributed by atoms with Crippen LogP contribution in [0.4, 0.5) is 13.2 Å². The van der Waals surface area contributed by atoms with Crippen LogP contribution in [0.5, 0.6) is 0 Å². The van der Waals surface area contributed by atoms with Gasteiger partial charge >= 0.3 is 6.18 Å². The zero-order valence-corrected chi connectivity index (χ0v) is 12.4. The summed E-state index contributed by atoms with van der Waals surface area (Å²) in [6.07, 6.45) is 0.861. The van der Waals surface area contributed by atoms with E-state index < -0.39 is 18.6 Å². The number of hydrogen-bond acceptors (Lipinski definition) is 3. The van der Waals surface area contributed by atoms with Crippen molar-refractivity contribution in [3.05, 3.63) is 0 Å². The van der Waals surface area contributed by atoms with E-state index in [9.17, 15) is 18.0 Å². The Hall–Kier alpha value is -0.820. The highest BCUT2D eigenvalue weighted by molar-refractivity contribution is 5.78. The molecule has 0 spiro atoms. The van der Waals surface area contributed by atoms with Crippen molar-refractivity contribution in [3.8, 4) is 0 Å². The van der Waals surface area contributed by atoms with E-state index in [0.717, 1.165) is 25.8 Å². The van der Waals surface area contributed by atoms with E-state index in [0.29, 0.717) is 18.1 Å². The SMILES string of the molecule is CCCN(CC(=O)NCC(F)(F)F)C1CC2CCC(C1)N2. The molecule has 2 unspecified atom stereocenters. The quantitative estimate of drug-likeness (QED) is 0.784. The van der Waals surface area contributed by atoms with Gasteiger partial charge in [0.2, 0.25) is 5.91 Å². The lowest BCUT2D eigenvalue weighted by Gasteiger charge is -2.37. The highest BCUT2D eigenvalue weighted by Gasteiger charge is 2.36. The van der Waals surface area contributed by atoms with Crippen molar-refractivity contribution in [2.45, 2.75) is 63.3 Å². The Bertz CT molecular complexity index is 350. The summed E-state index contributed by atoms with van der Waals surface area (Å²) in [6, 6.07) is 1.32. The van der Waals surface area contributed by atoms with Gasteiger partial charge in [0.15, 0.2) is 0 Å². The van der Waals surface area contributed by atoms with Gasteiger partial charge in [0.05, 0.1) is 6.54 Å². The summed E-state index contributed by atoms with van der Waals surface area (Å²) >= 11 is 0. The highest BCUT2D eigenvalue weighted by atomic mass is 19.4. The fourth-order valence-corrected chi connectivity index (χ4v) is 3.44. The molecule has 2 N–H and O–H groups in total. The van der Waals surface area contributed by atoms with Crippen molar-refractivity contribution in [2.75, 3.05) is 19.6 Å². The van der Waals surface area contributed by atoms with Gasteiger partial charge in [-0.2, -0.15) is 13.2 Å². The number of halogens is 3. The zero-order valence-electron chi connectivity index (χ0n) is 12.4. The molecule has 2 heterocycles. The monoisotopic (exact) mass is 307 g/mol. The van der Waals surface area contributed by atoms with E-state index in [1.165, 1.54) is 12.8 Å². The minimum atomic E-state index is -4.35. The van der Waals surface area contributed by atoms with Crippen LogP contribution in [0.1, 0.15) is 39.0 Å². The van der Waals surface area contributed by atoms with E-state index in [1.54, 1.807) is 0 Å². The Labute approximate surface area is 123 Å². The molecule has 2 fully saturated rings. The van der Waals surface area contributed by atoms with Gasteiger partial charge in [-0.15, -0.1) is 0 Å². The van der Waals surface area contributed by atoms with Gasteiger partial charge in [0.1, 0.15) is 6.54 Å². The van der Waals surface area contributed by atoms with Crippen molar-refractivity contribution in [1.29, 1.82) is 0 Å². The molecule has 122 valence electrons. The highest BCUT2D eigenvalue weighted by Crippen LogP contribution is 2.29. The van der Waals surface area contributed by atoms with Crippen LogP contribution in [0.3, 0.4) is 0 Å². The number of carbonyl (C=O) groups excluding carboxylic acids is 1. The molecular formula is C14H24F3N3O. The standard InChI is InChI=1S/C14H24F3N3O/c1-2-5-20(8-13(21)18-9-14(15,16)17)12-6-10-3-4-11(7-12)19-10/h10-12,19H,2-9H2,1H3,(H,18,21). The first-order valence-electron chi connectivity index (χ1n) is 7.71. The summed E-state index contributed by atoms with van der Waals surface area (Å²) in [4.78, 5) is 13.8. The number of carbonyl (C=O) groups is 1. The smallest absolute Gasteiger partial charge is 0.346 e. The Morgan fingerprint density at radius 3 is 2.43 bits per heavy atom. The number of fused-ring (bicyclic) bond motifs is 2. The van der Waals surface area contributed by atoms with Crippen molar-refractivity contribution in [2.24, 2.45) is 0 Å². The summed E-state index contributed by atoms with van der Waals surface area (Å²) < 4.78 is 36.4. The maximum atomic E-state index is 12.1. The predicted octanol–water partition coefficient (Wildman–Crippen LogP) is 1.66. The van der Waals surface area contributed by atoms with Crippen LogP contribution in [-0.4, -0.2) is 54.7 Å². The average Bonchev–Trinajstić information content (AvgIpc) is 2.74. The molecule has 0 aromatic rings. The number of piperidine rings is 1. The molecule has 2 saturated heterocycles. The van der Waals surface area contributed by atoms with Gasteiger partial charge in [-0.25, -0.2) is 0 Å². The largest absolute Gasteiger partial charge is 0.405 e. The number of alkyl halides is 3. The molecule has 4 nitrogen and oxygen atoms in total. The van der Waals surface area contributed by atoms with Crippen LogP contribution in [0.15, 0.2) is 0 Å². The van der Waals surface area contributed by atoms with Crippen molar-refractivity contribution in [3.63, 3.8) is 0 Å². The lowest BCUT2D eigenvalue weighted by Crippen LogP contribution is -2.51. The molecule has 0 radical (unpaired) electrons. The second-order valence-corrected chi connectivity index (χ2v) is 6.13. The third kappa shape index (κ3) is 5.14. The van der Waals surface area contributed by atoms with Crippen molar-refractivity contribution >= 4 is 5.91 Å². The van der Waals surface area contributed by atoms with Gasteiger partial charge in [0.25, 0.3) is 0 Å². The number of rotatable bonds is 6. The van der Waals surface area contributed by atoms with E-state index in [-0.39, 0.29) is 6.54 Å². The number of nitrogens with one attached hydrogen (secondary N) is 2. The van der Waals surface area contributed by atoms with Crippen LogP contribution >= 0.6 is 0 Å². The van der Waals surface area contributed by atoms with E-state index in [1.807, 2.05) is 12.2 Å². The Morgan fingerprint density at radius 1 is 1.29 bits per heavy atom. The van der Waals surface area contributed by atoms with Gasteiger partial charge in [0, 0.05) is 18.1 Å². The molecule has 0 aromatic carbocycles. The first kappa shape index (κ1) is 16.5. The first-order valence-corrected chi connectivity index (χ1v) is 7.71. The molecule has 0 saturated carbocycles. The maximum Gasteiger partial charge on any atom is 0.405 e.